The highest BCUT2D eigenvalue weighted by atomic mass is 16.6. The average Bonchev–Trinajstić information content (AvgIpc) is 2.70. The van der Waals surface area contributed by atoms with Gasteiger partial charge in [-0.1, -0.05) is 57.4 Å². The molecule has 0 aliphatic heterocycles. The Morgan fingerprint density at radius 3 is 2.11 bits per heavy atom. The lowest BCUT2D eigenvalue weighted by Gasteiger charge is -2.37. The van der Waals surface area contributed by atoms with Crippen LogP contribution < -0.4 is 10.6 Å². The minimum atomic E-state index is -0.837. The lowest BCUT2D eigenvalue weighted by molar-refractivity contribution is -0.144. The van der Waals surface area contributed by atoms with Crippen molar-refractivity contribution in [3.63, 3.8) is 0 Å². The molecule has 0 spiro atoms. The second-order valence-corrected chi connectivity index (χ2v) is 12.1. The number of unbranched alkanes of at least 4 members (excludes halogenated alkanes) is 2. The van der Waals surface area contributed by atoms with Crippen molar-refractivity contribution < 1.29 is 19.1 Å². The first kappa shape index (κ1) is 31.5. The van der Waals surface area contributed by atoms with E-state index < -0.39 is 29.3 Å². The minimum absolute atomic E-state index is 0.205. The van der Waals surface area contributed by atoms with Crippen LogP contribution in [0.2, 0.25) is 0 Å². The SMILES string of the molecule is CCCCCN(C(=O)C(NC(=O)OC(C)(C)C)C(C)C)C(C(=O)NC(C)(C)C)c1cc(C)ccc1C. The number of aryl methyl sites for hydroxylation is 2. The van der Waals surface area contributed by atoms with Crippen LogP contribution in [0.5, 0.6) is 0 Å². The van der Waals surface area contributed by atoms with E-state index in [0.29, 0.717) is 6.54 Å². The van der Waals surface area contributed by atoms with E-state index in [-0.39, 0.29) is 17.7 Å². The molecule has 0 aliphatic rings. The molecule has 204 valence electrons. The molecule has 2 N–H and O–H groups in total. The zero-order valence-corrected chi connectivity index (χ0v) is 24.4. The summed E-state index contributed by atoms with van der Waals surface area (Å²) in [7, 11) is 0. The van der Waals surface area contributed by atoms with Crippen molar-refractivity contribution >= 4 is 17.9 Å². The van der Waals surface area contributed by atoms with Crippen LogP contribution in [0.25, 0.3) is 0 Å². The molecule has 0 aliphatic carbocycles. The highest BCUT2D eigenvalue weighted by molar-refractivity contribution is 5.92. The van der Waals surface area contributed by atoms with Gasteiger partial charge in [-0.2, -0.15) is 0 Å². The molecule has 7 heteroatoms. The number of nitrogens with zero attached hydrogens (tertiary/aromatic N) is 1. The van der Waals surface area contributed by atoms with Gasteiger partial charge in [-0.3, -0.25) is 9.59 Å². The Hall–Kier alpha value is -2.57. The maximum atomic E-state index is 14.1. The van der Waals surface area contributed by atoms with Crippen molar-refractivity contribution in [1.29, 1.82) is 0 Å². The van der Waals surface area contributed by atoms with Crippen molar-refractivity contribution in [3.05, 3.63) is 34.9 Å². The Balaban J connectivity index is 3.58. The van der Waals surface area contributed by atoms with E-state index in [1.807, 2.05) is 66.7 Å². The molecule has 7 nitrogen and oxygen atoms in total. The van der Waals surface area contributed by atoms with Crippen LogP contribution >= 0.6 is 0 Å². The topological polar surface area (TPSA) is 87.7 Å². The summed E-state index contributed by atoms with van der Waals surface area (Å²) < 4.78 is 5.44. The Morgan fingerprint density at radius 1 is 1.00 bits per heavy atom. The Labute approximate surface area is 218 Å². The van der Waals surface area contributed by atoms with Gasteiger partial charge in [0.05, 0.1) is 0 Å². The number of nitrogens with one attached hydrogen (secondary N) is 2. The number of rotatable bonds is 10. The first-order valence-corrected chi connectivity index (χ1v) is 13.2. The normalized spacial score (nSPS) is 13.7. The van der Waals surface area contributed by atoms with Crippen molar-refractivity contribution in [2.45, 2.75) is 119 Å². The quantitative estimate of drug-likeness (QED) is 0.393. The van der Waals surface area contributed by atoms with E-state index in [1.54, 1.807) is 25.7 Å². The number of ether oxygens (including phenoxy) is 1. The largest absolute Gasteiger partial charge is 0.444 e. The molecule has 0 heterocycles. The van der Waals surface area contributed by atoms with Crippen LogP contribution in [0.4, 0.5) is 4.79 Å². The highest BCUT2D eigenvalue weighted by Gasteiger charge is 2.38. The predicted molar refractivity (Wildman–Crippen MR) is 146 cm³/mol. The predicted octanol–water partition coefficient (Wildman–Crippen LogP) is 5.83. The first-order chi connectivity index (χ1) is 16.5. The van der Waals surface area contributed by atoms with Gasteiger partial charge in [0.2, 0.25) is 11.8 Å². The van der Waals surface area contributed by atoms with Crippen LogP contribution in [0.1, 0.15) is 104 Å². The molecule has 1 aromatic carbocycles. The zero-order chi connectivity index (χ0) is 27.8. The fourth-order valence-corrected chi connectivity index (χ4v) is 3.97. The summed E-state index contributed by atoms with van der Waals surface area (Å²) in [5, 5.41) is 5.86. The summed E-state index contributed by atoms with van der Waals surface area (Å²) in [6.07, 6.45) is 2.01. The first-order valence-electron chi connectivity index (χ1n) is 13.2. The molecule has 0 fully saturated rings. The molecule has 2 unspecified atom stereocenters. The van der Waals surface area contributed by atoms with Crippen LogP contribution in [-0.4, -0.2) is 46.5 Å². The molecule has 3 amide bonds. The summed E-state index contributed by atoms with van der Waals surface area (Å²) in [6.45, 7) is 21.3. The number of alkyl carbamates (subject to hydrolysis) is 1. The summed E-state index contributed by atoms with van der Waals surface area (Å²) in [4.78, 5) is 42.2. The molecule has 0 radical (unpaired) electrons. The third kappa shape index (κ3) is 10.2. The standard InChI is InChI=1S/C29H49N3O4/c1-12-13-14-17-32(26(34)23(19(2)3)30-27(35)36-29(9,10)11)24(25(33)31-28(6,7)8)22-18-20(4)15-16-21(22)5/h15-16,18-19,23-24H,12-14,17H2,1-11H3,(H,30,35)(H,31,33). The van der Waals surface area contributed by atoms with Gasteiger partial charge in [-0.05, 0) is 78.9 Å². The number of benzene rings is 1. The lowest BCUT2D eigenvalue weighted by atomic mass is 9.94. The number of amides is 3. The van der Waals surface area contributed by atoms with Gasteiger partial charge in [0.1, 0.15) is 17.7 Å². The van der Waals surface area contributed by atoms with Gasteiger partial charge in [0.15, 0.2) is 0 Å². The molecular formula is C29H49N3O4. The number of carbonyl (C=O) groups excluding carboxylic acids is 3. The molecule has 0 saturated heterocycles. The zero-order valence-electron chi connectivity index (χ0n) is 24.4. The smallest absolute Gasteiger partial charge is 0.408 e. The van der Waals surface area contributed by atoms with Gasteiger partial charge in [0.25, 0.3) is 0 Å². The molecule has 1 rings (SSSR count). The van der Waals surface area contributed by atoms with Crippen molar-refractivity contribution in [2.75, 3.05) is 6.54 Å². The summed E-state index contributed by atoms with van der Waals surface area (Å²) in [6, 6.07) is 4.30. The van der Waals surface area contributed by atoms with Gasteiger partial charge in [0, 0.05) is 12.1 Å². The van der Waals surface area contributed by atoms with E-state index in [9.17, 15) is 14.4 Å². The fourth-order valence-electron chi connectivity index (χ4n) is 3.97. The number of carbonyl (C=O) groups is 3. The molecule has 0 saturated carbocycles. The van der Waals surface area contributed by atoms with Crippen LogP contribution in [0.15, 0.2) is 18.2 Å². The van der Waals surface area contributed by atoms with E-state index in [2.05, 4.69) is 17.6 Å². The molecule has 0 aromatic heterocycles. The van der Waals surface area contributed by atoms with E-state index in [4.69, 9.17) is 4.74 Å². The molecule has 36 heavy (non-hydrogen) atoms. The Bertz CT molecular complexity index is 897. The fraction of sp³-hybridized carbons (Fsp3) is 0.690. The van der Waals surface area contributed by atoms with Gasteiger partial charge >= 0.3 is 6.09 Å². The molecule has 1 aromatic rings. The molecular weight excluding hydrogens is 454 g/mol. The van der Waals surface area contributed by atoms with Crippen molar-refractivity contribution in [3.8, 4) is 0 Å². The van der Waals surface area contributed by atoms with E-state index >= 15 is 0 Å². The second kappa shape index (κ2) is 13.1. The summed E-state index contributed by atoms with van der Waals surface area (Å²) in [5.74, 6) is -0.730. The molecule has 2 atom stereocenters. The van der Waals surface area contributed by atoms with Crippen LogP contribution in [-0.2, 0) is 14.3 Å². The maximum absolute atomic E-state index is 14.1. The Kier molecular flexibility index (Phi) is 11.5. The van der Waals surface area contributed by atoms with Gasteiger partial charge in [-0.15, -0.1) is 0 Å². The van der Waals surface area contributed by atoms with Gasteiger partial charge < -0.3 is 20.3 Å². The lowest BCUT2D eigenvalue weighted by Crippen LogP contribution is -2.56. The third-order valence-electron chi connectivity index (χ3n) is 5.68. The van der Waals surface area contributed by atoms with E-state index in [1.165, 1.54) is 0 Å². The van der Waals surface area contributed by atoms with E-state index in [0.717, 1.165) is 36.0 Å². The van der Waals surface area contributed by atoms with Crippen LogP contribution in [0, 0.1) is 19.8 Å². The number of hydrogen-bond donors (Lipinski definition) is 2. The average molecular weight is 504 g/mol. The van der Waals surface area contributed by atoms with Crippen molar-refractivity contribution in [1.82, 2.24) is 15.5 Å². The molecule has 0 bridgehead atoms. The Morgan fingerprint density at radius 2 is 1.61 bits per heavy atom. The van der Waals surface area contributed by atoms with Crippen LogP contribution in [0.3, 0.4) is 0 Å². The second-order valence-electron chi connectivity index (χ2n) is 12.1. The summed E-state index contributed by atoms with van der Waals surface area (Å²) >= 11 is 0. The minimum Gasteiger partial charge on any atom is -0.444 e. The maximum Gasteiger partial charge on any atom is 0.408 e. The third-order valence-corrected chi connectivity index (χ3v) is 5.68. The summed E-state index contributed by atoms with van der Waals surface area (Å²) in [5.41, 5.74) is 1.57. The highest BCUT2D eigenvalue weighted by Crippen LogP contribution is 2.28. The van der Waals surface area contributed by atoms with Gasteiger partial charge in [-0.25, -0.2) is 4.79 Å². The number of hydrogen-bond acceptors (Lipinski definition) is 4. The monoisotopic (exact) mass is 503 g/mol. The van der Waals surface area contributed by atoms with Crippen molar-refractivity contribution in [2.24, 2.45) is 5.92 Å².